The van der Waals surface area contributed by atoms with Crippen LogP contribution in [0.15, 0.2) is 53.1 Å². The molecule has 2 fully saturated rings. The van der Waals surface area contributed by atoms with E-state index in [1.807, 2.05) is 23.1 Å². The maximum Gasteiger partial charge on any atom is 0.289 e. The third-order valence-electron chi connectivity index (χ3n) is 6.38. The summed E-state index contributed by atoms with van der Waals surface area (Å²) in [4.78, 5) is 32.5. The van der Waals surface area contributed by atoms with Gasteiger partial charge in [-0.25, -0.2) is 0 Å². The molecule has 2 aromatic rings. The molecule has 0 bridgehead atoms. The average molecular weight is 396 g/mol. The zero-order valence-corrected chi connectivity index (χ0v) is 17.0. The van der Waals surface area contributed by atoms with Crippen LogP contribution < -0.4 is 0 Å². The molecule has 3 heterocycles. The summed E-state index contributed by atoms with van der Waals surface area (Å²) in [6.45, 7) is 4.26. The summed E-state index contributed by atoms with van der Waals surface area (Å²) in [5.41, 5.74) is 0.652. The van der Waals surface area contributed by atoms with Gasteiger partial charge in [-0.2, -0.15) is 0 Å². The monoisotopic (exact) mass is 395 g/mol. The number of furan rings is 1. The van der Waals surface area contributed by atoms with E-state index in [9.17, 15) is 9.59 Å². The molecule has 0 N–H and O–H groups in total. The van der Waals surface area contributed by atoms with Crippen molar-refractivity contribution in [2.75, 3.05) is 46.3 Å². The van der Waals surface area contributed by atoms with E-state index in [4.69, 9.17) is 4.42 Å². The largest absolute Gasteiger partial charge is 0.459 e. The second-order valence-electron chi connectivity index (χ2n) is 8.17. The smallest absolute Gasteiger partial charge is 0.289 e. The standard InChI is InChI=1S/C23H29N3O3/c1-24-14-10-23(11-15-24,19-7-3-2-4-8-19)22(28)26-13-6-12-25(16-17-26)21(27)20-9-5-18-29-20/h2-5,7-9,18H,6,10-17H2,1H3. The van der Waals surface area contributed by atoms with Crippen LogP contribution in [0.5, 0.6) is 0 Å². The van der Waals surface area contributed by atoms with E-state index < -0.39 is 5.41 Å². The summed E-state index contributed by atoms with van der Waals surface area (Å²) < 4.78 is 5.27. The molecular weight excluding hydrogens is 366 g/mol. The molecule has 6 heteroatoms. The first-order valence-electron chi connectivity index (χ1n) is 10.5. The normalized spacial score (nSPS) is 20.3. The van der Waals surface area contributed by atoms with Crippen LogP contribution in [0, 0.1) is 0 Å². The highest BCUT2D eigenvalue weighted by Gasteiger charge is 2.44. The molecule has 154 valence electrons. The Kier molecular flexibility index (Phi) is 5.72. The maximum atomic E-state index is 13.8. The molecule has 2 saturated heterocycles. The molecule has 1 aromatic heterocycles. The van der Waals surface area contributed by atoms with Gasteiger partial charge in [-0.3, -0.25) is 9.59 Å². The Hall–Kier alpha value is -2.60. The number of piperidine rings is 1. The van der Waals surface area contributed by atoms with Crippen molar-refractivity contribution in [2.24, 2.45) is 0 Å². The van der Waals surface area contributed by atoms with E-state index in [-0.39, 0.29) is 11.8 Å². The van der Waals surface area contributed by atoms with Crippen LogP contribution in [-0.4, -0.2) is 72.8 Å². The van der Waals surface area contributed by atoms with Crippen molar-refractivity contribution >= 4 is 11.8 Å². The molecular formula is C23H29N3O3. The Bertz CT molecular complexity index is 826. The molecule has 29 heavy (non-hydrogen) atoms. The van der Waals surface area contributed by atoms with Gasteiger partial charge in [0, 0.05) is 26.2 Å². The van der Waals surface area contributed by atoms with Crippen LogP contribution in [0.25, 0.3) is 0 Å². The quantitative estimate of drug-likeness (QED) is 0.802. The van der Waals surface area contributed by atoms with Gasteiger partial charge in [0.05, 0.1) is 11.7 Å². The molecule has 2 aliphatic heterocycles. The van der Waals surface area contributed by atoms with Crippen molar-refractivity contribution in [3.8, 4) is 0 Å². The molecule has 1 aromatic carbocycles. The highest BCUT2D eigenvalue weighted by molar-refractivity contribution is 5.92. The number of rotatable bonds is 3. The lowest BCUT2D eigenvalue weighted by atomic mass is 9.71. The number of carbonyl (C=O) groups excluding carboxylic acids is 2. The first-order chi connectivity index (χ1) is 14.1. The Labute approximate surface area is 172 Å². The predicted octanol–water partition coefficient (Wildman–Crippen LogP) is 2.62. The lowest BCUT2D eigenvalue weighted by molar-refractivity contribution is -0.139. The molecule has 0 spiro atoms. The Morgan fingerprint density at radius 3 is 2.24 bits per heavy atom. The van der Waals surface area contributed by atoms with Crippen molar-refractivity contribution in [2.45, 2.75) is 24.7 Å². The highest BCUT2D eigenvalue weighted by Crippen LogP contribution is 2.37. The topological polar surface area (TPSA) is 57.0 Å². The summed E-state index contributed by atoms with van der Waals surface area (Å²) in [6, 6.07) is 13.6. The number of hydrogen-bond donors (Lipinski definition) is 0. The average Bonchev–Trinajstić information content (AvgIpc) is 3.19. The van der Waals surface area contributed by atoms with Crippen molar-refractivity contribution in [3.05, 3.63) is 60.1 Å². The van der Waals surface area contributed by atoms with Gasteiger partial charge < -0.3 is 19.1 Å². The lowest BCUT2D eigenvalue weighted by Gasteiger charge is -2.42. The summed E-state index contributed by atoms with van der Waals surface area (Å²) in [5.74, 6) is 0.478. The molecule has 0 aliphatic carbocycles. The van der Waals surface area contributed by atoms with Crippen molar-refractivity contribution in [1.82, 2.24) is 14.7 Å². The second-order valence-corrected chi connectivity index (χ2v) is 8.17. The van der Waals surface area contributed by atoms with Gasteiger partial charge in [-0.1, -0.05) is 30.3 Å². The summed E-state index contributed by atoms with van der Waals surface area (Å²) in [7, 11) is 2.11. The number of benzene rings is 1. The SMILES string of the molecule is CN1CCC(C(=O)N2CCCN(C(=O)c3ccco3)CC2)(c2ccccc2)CC1. The number of likely N-dealkylation sites (tertiary alicyclic amines) is 1. The van der Waals surface area contributed by atoms with E-state index >= 15 is 0 Å². The Balaban J connectivity index is 1.52. The molecule has 2 amide bonds. The predicted molar refractivity (Wildman–Crippen MR) is 111 cm³/mol. The summed E-state index contributed by atoms with van der Waals surface area (Å²) in [6.07, 6.45) is 3.96. The van der Waals surface area contributed by atoms with Gasteiger partial charge in [-0.05, 0) is 57.1 Å². The van der Waals surface area contributed by atoms with Crippen molar-refractivity contribution < 1.29 is 14.0 Å². The van der Waals surface area contributed by atoms with Crippen LogP contribution >= 0.6 is 0 Å². The fourth-order valence-electron chi connectivity index (χ4n) is 4.57. The van der Waals surface area contributed by atoms with Gasteiger partial charge in [0.15, 0.2) is 5.76 Å². The third-order valence-corrected chi connectivity index (χ3v) is 6.38. The number of amides is 2. The minimum absolute atomic E-state index is 0.0960. The molecule has 0 radical (unpaired) electrons. The molecule has 0 unspecified atom stereocenters. The molecule has 2 aliphatic rings. The summed E-state index contributed by atoms with van der Waals surface area (Å²) >= 11 is 0. The zero-order chi connectivity index (χ0) is 20.3. The summed E-state index contributed by atoms with van der Waals surface area (Å²) in [5, 5.41) is 0. The van der Waals surface area contributed by atoms with E-state index in [1.54, 1.807) is 17.0 Å². The van der Waals surface area contributed by atoms with Gasteiger partial charge in [-0.15, -0.1) is 0 Å². The number of nitrogens with zero attached hydrogens (tertiary/aromatic N) is 3. The Morgan fingerprint density at radius 2 is 1.55 bits per heavy atom. The minimum atomic E-state index is -0.464. The van der Waals surface area contributed by atoms with Gasteiger partial charge >= 0.3 is 0 Å². The van der Waals surface area contributed by atoms with Crippen LogP contribution in [-0.2, 0) is 10.2 Å². The fraction of sp³-hybridized carbons (Fsp3) is 0.478. The van der Waals surface area contributed by atoms with E-state index in [0.29, 0.717) is 31.9 Å². The number of hydrogen-bond acceptors (Lipinski definition) is 4. The lowest BCUT2D eigenvalue weighted by Crippen LogP contribution is -2.53. The second kappa shape index (κ2) is 8.41. The molecule has 0 saturated carbocycles. The first-order valence-corrected chi connectivity index (χ1v) is 10.5. The Morgan fingerprint density at radius 1 is 0.862 bits per heavy atom. The van der Waals surface area contributed by atoms with Gasteiger partial charge in [0.2, 0.25) is 5.91 Å². The molecule has 4 rings (SSSR count). The third kappa shape index (κ3) is 3.94. The van der Waals surface area contributed by atoms with Crippen molar-refractivity contribution in [1.29, 1.82) is 0 Å². The number of carbonyl (C=O) groups is 2. The van der Waals surface area contributed by atoms with Crippen LogP contribution in [0.1, 0.15) is 35.4 Å². The maximum absolute atomic E-state index is 13.8. The van der Waals surface area contributed by atoms with E-state index in [2.05, 4.69) is 24.1 Å². The fourth-order valence-corrected chi connectivity index (χ4v) is 4.57. The molecule has 0 atom stereocenters. The van der Waals surface area contributed by atoms with E-state index in [1.165, 1.54) is 6.26 Å². The first kappa shape index (κ1) is 19.7. The minimum Gasteiger partial charge on any atom is -0.459 e. The van der Waals surface area contributed by atoms with Gasteiger partial charge in [0.1, 0.15) is 0 Å². The van der Waals surface area contributed by atoms with Crippen LogP contribution in [0.3, 0.4) is 0 Å². The molecule has 6 nitrogen and oxygen atoms in total. The van der Waals surface area contributed by atoms with Crippen LogP contribution in [0.4, 0.5) is 0 Å². The van der Waals surface area contributed by atoms with Crippen LogP contribution in [0.2, 0.25) is 0 Å². The van der Waals surface area contributed by atoms with Gasteiger partial charge in [0.25, 0.3) is 5.91 Å². The van der Waals surface area contributed by atoms with Crippen molar-refractivity contribution in [3.63, 3.8) is 0 Å². The highest BCUT2D eigenvalue weighted by atomic mass is 16.3. The van der Waals surface area contributed by atoms with E-state index in [0.717, 1.165) is 37.9 Å². The zero-order valence-electron chi connectivity index (χ0n) is 17.0.